The number of aliphatic carboxylic acids is 1. The first-order valence-electron chi connectivity index (χ1n) is 12.6. The predicted octanol–water partition coefficient (Wildman–Crippen LogP) is 1.70. The first-order chi connectivity index (χ1) is 17.7. The highest BCUT2D eigenvalue weighted by atomic mass is 16.7. The van der Waals surface area contributed by atoms with Crippen molar-refractivity contribution in [1.29, 1.82) is 0 Å². The van der Waals surface area contributed by atoms with E-state index in [9.17, 15) is 19.5 Å². The summed E-state index contributed by atoms with van der Waals surface area (Å²) < 4.78 is 1.84. The van der Waals surface area contributed by atoms with E-state index < -0.39 is 11.6 Å². The van der Waals surface area contributed by atoms with Gasteiger partial charge in [-0.1, -0.05) is 0 Å². The Labute approximate surface area is 215 Å². The SMILES string of the molecule is CCn1nc(C)c2c(NC3CCC(C(=O)O)CC3)c(C3=CC(CC(=O)NC)(CC(=O)NC)ON3)cnc21. The van der Waals surface area contributed by atoms with Crippen LogP contribution in [0.1, 0.15) is 56.7 Å². The highest BCUT2D eigenvalue weighted by molar-refractivity contribution is 5.98. The van der Waals surface area contributed by atoms with E-state index in [4.69, 9.17) is 9.82 Å². The number of hydrogen-bond donors (Lipinski definition) is 5. The normalized spacial score (nSPS) is 20.7. The number of carboxylic acids is 1. The van der Waals surface area contributed by atoms with E-state index in [1.165, 1.54) is 14.1 Å². The fourth-order valence-electron chi connectivity index (χ4n) is 5.15. The number of carboxylic acid groups (broad SMARTS) is 1. The van der Waals surface area contributed by atoms with Gasteiger partial charge in [-0.3, -0.25) is 24.7 Å². The van der Waals surface area contributed by atoms with Crippen LogP contribution in [0.3, 0.4) is 0 Å². The minimum absolute atomic E-state index is 0.0438. The number of aryl methyl sites for hydroxylation is 2. The predicted molar refractivity (Wildman–Crippen MR) is 137 cm³/mol. The Morgan fingerprint density at radius 1 is 1.16 bits per heavy atom. The number of aromatic nitrogens is 3. The Hall–Kier alpha value is -3.67. The maximum absolute atomic E-state index is 12.3. The molecule has 1 fully saturated rings. The molecule has 0 unspecified atom stereocenters. The summed E-state index contributed by atoms with van der Waals surface area (Å²) in [5.41, 5.74) is 5.46. The molecule has 12 heteroatoms. The van der Waals surface area contributed by atoms with Crippen molar-refractivity contribution in [1.82, 2.24) is 30.9 Å². The molecule has 4 rings (SSSR count). The summed E-state index contributed by atoms with van der Waals surface area (Å²) in [6, 6.07) is 0.0775. The van der Waals surface area contributed by atoms with Gasteiger partial charge in [0.1, 0.15) is 5.60 Å². The summed E-state index contributed by atoms with van der Waals surface area (Å²) in [6.45, 7) is 4.59. The van der Waals surface area contributed by atoms with Gasteiger partial charge in [-0.05, 0) is 45.6 Å². The highest BCUT2D eigenvalue weighted by Crippen LogP contribution is 2.39. The smallest absolute Gasteiger partial charge is 0.306 e. The van der Waals surface area contributed by atoms with Gasteiger partial charge in [0.25, 0.3) is 0 Å². The number of nitrogens with one attached hydrogen (secondary N) is 4. The summed E-state index contributed by atoms with van der Waals surface area (Å²) in [4.78, 5) is 46.6. The number of hydroxylamine groups is 1. The second-order valence-electron chi connectivity index (χ2n) is 9.70. The molecule has 1 aliphatic carbocycles. The van der Waals surface area contributed by atoms with Crippen LogP contribution in [-0.4, -0.2) is 63.4 Å². The van der Waals surface area contributed by atoms with Crippen molar-refractivity contribution in [2.75, 3.05) is 19.4 Å². The van der Waals surface area contributed by atoms with E-state index >= 15 is 0 Å². The number of amides is 2. The van der Waals surface area contributed by atoms with Gasteiger partial charge in [0.15, 0.2) is 5.65 Å². The van der Waals surface area contributed by atoms with Crippen molar-refractivity contribution in [3.8, 4) is 0 Å². The summed E-state index contributed by atoms with van der Waals surface area (Å²) >= 11 is 0. The van der Waals surface area contributed by atoms with Crippen LogP contribution in [0.5, 0.6) is 0 Å². The van der Waals surface area contributed by atoms with Crippen LogP contribution in [0.25, 0.3) is 16.7 Å². The van der Waals surface area contributed by atoms with Crippen molar-refractivity contribution in [2.45, 2.75) is 70.6 Å². The Balaban J connectivity index is 1.76. The number of hydrogen-bond acceptors (Lipinski definition) is 8. The zero-order valence-electron chi connectivity index (χ0n) is 21.7. The second-order valence-corrected chi connectivity index (χ2v) is 9.70. The average molecular weight is 514 g/mol. The molecule has 37 heavy (non-hydrogen) atoms. The molecule has 0 bridgehead atoms. The van der Waals surface area contributed by atoms with Crippen molar-refractivity contribution >= 4 is 40.2 Å². The van der Waals surface area contributed by atoms with Gasteiger partial charge < -0.3 is 21.1 Å². The molecular weight excluding hydrogens is 478 g/mol. The lowest BCUT2D eigenvalue weighted by Crippen LogP contribution is -2.40. The number of pyridine rings is 1. The van der Waals surface area contributed by atoms with E-state index in [1.807, 2.05) is 18.5 Å². The Morgan fingerprint density at radius 2 is 1.81 bits per heavy atom. The topological polar surface area (TPSA) is 160 Å². The van der Waals surface area contributed by atoms with Gasteiger partial charge >= 0.3 is 5.97 Å². The Kier molecular flexibility index (Phi) is 7.67. The van der Waals surface area contributed by atoms with Gasteiger partial charge in [0, 0.05) is 38.4 Å². The number of fused-ring (bicyclic) bond motifs is 1. The van der Waals surface area contributed by atoms with Gasteiger partial charge in [-0.15, -0.1) is 0 Å². The average Bonchev–Trinajstić information content (AvgIpc) is 3.44. The number of anilines is 1. The van der Waals surface area contributed by atoms with Gasteiger partial charge in [-0.25, -0.2) is 9.67 Å². The third kappa shape index (κ3) is 5.38. The van der Waals surface area contributed by atoms with Gasteiger partial charge in [0.2, 0.25) is 11.8 Å². The molecule has 3 heterocycles. The molecule has 1 aliphatic heterocycles. The molecule has 0 radical (unpaired) electrons. The van der Waals surface area contributed by atoms with E-state index in [0.29, 0.717) is 25.1 Å². The van der Waals surface area contributed by atoms with Crippen LogP contribution in [-0.2, 0) is 25.8 Å². The van der Waals surface area contributed by atoms with E-state index in [2.05, 4.69) is 26.5 Å². The molecule has 0 aromatic carbocycles. The van der Waals surface area contributed by atoms with E-state index in [0.717, 1.165) is 40.8 Å². The minimum atomic E-state index is -1.18. The molecule has 0 atom stereocenters. The fraction of sp³-hybridized carbons (Fsp3) is 0.560. The second kappa shape index (κ2) is 10.8. The van der Waals surface area contributed by atoms with E-state index in [-0.39, 0.29) is 36.6 Å². The van der Waals surface area contributed by atoms with Crippen LogP contribution in [0.4, 0.5) is 5.69 Å². The number of carbonyl (C=O) groups excluding carboxylic acids is 2. The molecular formula is C25H35N7O5. The Bertz CT molecular complexity index is 1210. The van der Waals surface area contributed by atoms with Crippen LogP contribution in [0, 0.1) is 12.8 Å². The molecule has 200 valence electrons. The Morgan fingerprint density at radius 3 is 2.38 bits per heavy atom. The number of carbonyl (C=O) groups is 3. The summed E-state index contributed by atoms with van der Waals surface area (Å²) in [7, 11) is 3.08. The maximum Gasteiger partial charge on any atom is 0.306 e. The minimum Gasteiger partial charge on any atom is -0.481 e. The fourth-order valence-corrected chi connectivity index (χ4v) is 5.15. The monoisotopic (exact) mass is 513 g/mol. The molecule has 0 saturated heterocycles. The molecule has 1 saturated carbocycles. The summed E-state index contributed by atoms with van der Waals surface area (Å²) in [5, 5.41) is 23.8. The van der Waals surface area contributed by atoms with Crippen molar-refractivity contribution in [3.63, 3.8) is 0 Å². The van der Waals surface area contributed by atoms with Crippen molar-refractivity contribution in [2.24, 2.45) is 5.92 Å². The zero-order chi connectivity index (χ0) is 26.7. The standard InChI is InChI=1S/C25H35N7O5/c1-5-32-23-21(14(2)30-32)22(29-16-8-6-15(7-9-16)24(35)36)17(13-28-23)18-10-25(37-31-18,11-19(33)26-3)12-20(34)27-4/h10,13,15-16,31H,5-9,11-12H2,1-4H3,(H,26,33)(H,27,34)(H,28,29)(H,35,36). The molecule has 2 amide bonds. The quantitative estimate of drug-likeness (QED) is 0.336. The summed E-state index contributed by atoms with van der Waals surface area (Å²) in [6.07, 6.45) is 6.08. The lowest BCUT2D eigenvalue weighted by molar-refractivity contribution is -0.143. The molecule has 12 nitrogen and oxygen atoms in total. The summed E-state index contributed by atoms with van der Waals surface area (Å²) in [5.74, 6) is -1.58. The van der Waals surface area contributed by atoms with Crippen molar-refractivity contribution < 1.29 is 24.3 Å². The van der Waals surface area contributed by atoms with Crippen LogP contribution in [0.2, 0.25) is 0 Å². The van der Waals surface area contributed by atoms with Gasteiger partial charge in [0.05, 0.1) is 41.2 Å². The third-order valence-electron chi connectivity index (χ3n) is 7.20. The lowest BCUT2D eigenvalue weighted by Gasteiger charge is -2.29. The largest absolute Gasteiger partial charge is 0.481 e. The molecule has 2 aromatic heterocycles. The van der Waals surface area contributed by atoms with Crippen LogP contribution in [0.15, 0.2) is 12.3 Å². The number of rotatable bonds is 9. The lowest BCUT2D eigenvalue weighted by atomic mass is 9.86. The molecule has 2 aliphatic rings. The molecule has 0 spiro atoms. The van der Waals surface area contributed by atoms with Crippen molar-refractivity contribution in [3.05, 3.63) is 23.5 Å². The first kappa shape index (κ1) is 26.4. The van der Waals surface area contributed by atoms with Crippen LogP contribution >= 0.6 is 0 Å². The molecule has 2 aromatic rings. The third-order valence-corrected chi connectivity index (χ3v) is 7.20. The number of nitrogens with zero attached hydrogens (tertiary/aromatic N) is 3. The van der Waals surface area contributed by atoms with E-state index in [1.54, 1.807) is 12.3 Å². The molecule has 5 N–H and O–H groups in total. The van der Waals surface area contributed by atoms with Crippen LogP contribution < -0.4 is 21.4 Å². The maximum atomic E-state index is 12.3. The van der Waals surface area contributed by atoms with Gasteiger partial charge in [-0.2, -0.15) is 5.10 Å². The first-order valence-corrected chi connectivity index (χ1v) is 12.6. The highest BCUT2D eigenvalue weighted by Gasteiger charge is 2.40. The zero-order valence-corrected chi connectivity index (χ0v) is 21.7.